The first kappa shape index (κ1) is 12.4. The van der Waals surface area contributed by atoms with Gasteiger partial charge in [-0.2, -0.15) is 0 Å². The van der Waals surface area contributed by atoms with Gasteiger partial charge in [0.15, 0.2) is 0 Å². The molecule has 0 aliphatic carbocycles. The van der Waals surface area contributed by atoms with Crippen molar-refractivity contribution in [3.8, 4) is 0 Å². The van der Waals surface area contributed by atoms with Crippen molar-refractivity contribution in [2.24, 2.45) is 0 Å². The van der Waals surface area contributed by atoms with E-state index in [9.17, 15) is 4.79 Å². The highest BCUT2D eigenvalue weighted by Crippen LogP contribution is 2.45. The van der Waals surface area contributed by atoms with Crippen LogP contribution in [-0.2, 0) is 10.2 Å². The van der Waals surface area contributed by atoms with Gasteiger partial charge in [-0.3, -0.25) is 9.69 Å². The van der Waals surface area contributed by atoms with E-state index >= 15 is 0 Å². The second kappa shape index (κ2) is 4.49. The highest BCUT2D eigenvalue weighted by Gasteiger charge is 2.46. The van der Waals surface area contributed by atoms with Gasteiger partial charge in [-0.25, -0.2) is 0 Å². The van der Waals surface area contributed by atoms with Gasteiger partial charge in [0.2, 0.25) is 5.91 Å². The third-order valence-corrected chi connectivity index (χ3v) is 4.82. The minimum absolute atomic E-state index is 0.122. The van der Waals surface area contributed by atoms with Crippen molar-refractivity contribution < 1.29 is 4.79 Å². The van der Waals surface area contributed by atoms with Crippen molar-refractivity contribution in [2.45, 2.75) is 12.3 Å². The molecule has 0 saturated carbocycles. The van der Waals surface area contributed by atoms with E-state index in [1.165, 1.54) is 0 Å². The van der Waals surface area contributed by atoms with Crippen LogP contribution in [0.15, 0.2) is 54.6 Å². The summed E-state index contributed by atoms with van der Waals surface area (Å²) < 4.78 is 0. The Morgan fingerprint density at radius 2 is 1.68 bits per heavy atom. The van der Waals surface area contributed by atoms with Crippen molar-refractivity contribution in [3.05, 3.63) is 60.2 Å². The monoisotopic (exact) mass is 315 g/mol. The summed E-state index contributed by atoms with van der Waals surface area (Å²) in [4.78, 5) is 14.6. The Balaban J connectivity index is 2.21. The van der Waals surface area contributed by atoms with Crippen LogP contribution in [0.25, 0.3) is 0 Å². The Morgan fingerprint density at radius 1 is 1.05 bits per heavy atom. The second-order valence-corrected chi connectivity index (χ2v) is 5.52. The zero-order valence-electron chi connectivity index (χ0n) is 10.6. The van der Waals surface area contributed by atoms with Gasteiger partial charge >= 0.3 is 0 Å². The molecule has 0 N–H and O–H groups in total. The Morgan fingerprint density at radius 3 is 2.37 bits per heavy atom. The number of alkyl halides is 1. The molecule has 1 aliphatic heterocycles. The molecule has 0 bridgehead atoms. The predicted molar refractivity (Wildman–Crippen MR) is 81.2 cm³/mol. The molecular formula is C16H14BrNO. The van der Waals surface area contributed by atoms with E-state index in [0.29, 0.717) is 5.33 Å². The van der Waals surface area contributed by atoms with Crippen molar-refractivity contribution in [2.75, 3.05) is 10.2 Å². The van der Waals surface area contributed by atoms with Crippen molar-refractivity contribution in [1.29, 1.82) is 0 Å². The standard InChI is InChI=1S/C16H14BrNO/c1-16(11-17)13-9-5-6-10-14(13)18(15(16)19)12-7-3-2-4-8-12/h2-10H,11H2,1H3. The lowest BCUT2D eigenvalue weighted by atomic mass is 9.86. The fourth-order valence-corrected chi connectivity index (χ4v) is 3.11. The SMILES string of the molecule is CC1(CBr)C(=O)N(c2ccccc2)c2ccccc21. The zero-order valence-corrected chi connectivity index (χ0v) is 12.2. The van der Waals surface area contributed by atoms with Gasteiger partial charge in [-0.15, -0.1) is 0 Å². The summed E-state index contributed by atoms with van der Waals surface area (Å²) in [5, 5.41) is 0.624. The number of halogens is 1. The minimum atomic E-state index is -0.494. The van der Waals surface area contributed by atoms with Crippen molar-refractivity contribution in [3.63, 3.8) is 0 Å². The molecule has 2 nitrogen and oxygen atoms in total. The highest BCUT2D eigenvalue weighted by molar-refractivity contribution is 9.09. The average molecular weight is 316 g/mol. The molecule has 0 saturated heterocycles. The van der Waals surface area contributed by atoms with Gasteiger partial charge in [0.05, 0.1) is 11.1 Å². The van der Waals surface area contributed by atoms with E-state index in [1.807, 2.05) is 66.4 Å². The highest BCUT2D eigenvalue weighted by atomic mass is 79.9. The first-order valence-electron chi connectivity index (χ1n) is 6.23. The topological polar surface area (TPSA) is 20.3 Å². The number of fused-ring (bicyclic) bond motifs is 1. The third-order valence-electron chi connectivity index (χ3n) is 3.70. The maximum absolute atomic E-state index is 12.8. The molecule has 0 radical (unpaired) electrons. The number of benzene rings is 2. The maximum atomic E-state index is 12.8. The van der Waals surface area contributed by atoms with E-state index in [0.717, 1.165) is 16.9 Å². The maximum Gasteiger partial charge on any atom is 0.242 e. The molecule has 2 aromatic rings. The number of rotatable bonds is 2. The summed E-state index contributed by atoms with van der Waals surface area (Å²) in [5.41, 5.74) is 2.50. The van der Waals surface area contributed by atoms with Crippen LogP contribution >= 0.6 is 15.9 Å². The van der Waals surface area contributed by atoms with Crippen LogP contribution in [0.2, 0.25) is 0 Å². The van der Waals surface area contributed by atoms with E-state index in [2.05, 4.69) is 15.9 Å². The summed E-state index contributed by atoms with van der Waals surface area (Å²) in [7, 11) is 0. The first-order valence-corrected chi connectivity index (χ1v) is 7.36. The van der Waals surface area contributed by atoms with Crippen LogP contribution in [0, 0.1) is 0 Å². The van der Waals surface area contributed by atoms with Gasteiger partial charge in [0, 0.05) is 11.0 Å². The summed E-state index contributed by atoms with van der Waals surface area (Å²) in [6.07, 6.45) is 0. The largest absolute Gasteiger partial charge is 0.280 e. The molecule has 1 unspecified atom stereocenters. The molecule has 1 amide bonds. The summed E-state index contributed by atoms with van der Waals surface area (Å²) in [5.74, 6) is 0.122. The second-order valence-electron chi connectivity index (χ2n) is 4.96. The number of nitrogens with zero attached hydrogens (tertiary/aromatic N) is 1. The predicted octanol–water partition coefficient (Wildman–Crippen LogP) is 4.02. The minimum Gasteiger partial charge on any atom is -0.280 e. The van der Waals surface area contributed by atoms with Gasteiger partial charge in [-0.1, -0.05) is 52.3 Å². The summed E-state index contributed by atoms with van der Waals surface area (Å²) in [6.45, 7) is 1.99. The van der Waals surface area contributed by atoms with Crippen LogP contribution in [0.3, 0.4) is 0 Å². The number of carbonyl (C=O) groups excluding carboxylic acids is 1. The summed E-state index contributed by atoms with van der Waals surface area (Å²) in [6, 6.07) is 17.8. The molecule has 0 spiro atoms. The first-order chi connectivity index (χ1) is 9.18. The third kappa shape index (κ3) is 1.72. The number of hydrogen-bond donors (Lipinski definition) is 0. The fourth-order valence-electron chi connectivity index (χ4n) is 2.57. The van der Waals surface area contributed by atoms with E-state index in [4.69, 9.17) is 0 Å². The van der Waals surface area contributed by atoms with Crippen LogP contribution in [0.1, 0.15) is 12.5 Å². The molecule has 19 heavy (non-hydrogen) atoms. The normalized spacial score (nSPS) is 21.6. The number of hydrogen-bond acceptors (Lipinski definition) is 1. The average Bonchev–Trinajstić information content (AvgIpc) is 2.70. The Labute approximate surface area is 121 Å². The lowest BCUT2D eigenvalue weighted by molar-refractivity contribution is -0.121. The van der Waals surface area contributed by atoms with E-state index < -0.39 is 5.41 Å². The van der Waals surface area contributed by atoms with Crippen LogP contribution in [0.5, 0.6) is 0 Å². The van der Waals surface area contributed by atoms with E-state index in [-0.39, 0.29) is 5.91 Å². The van der Waals surface area contributed by atoms with Crippen molar-refractivity contribution >= 4 is 33.2 Å². The Kier molecular flexibility index (Phi) is 2.94. The molecule has 1 heterocycles. The van der Waals surface area contributed by atoms with E-state index in [1.54, 1.807) is 0 Å². The molecule has 3 heteroatoms. The zero-order chi connectivity index (χ0) is 13.5. The number of carbonyl (C=O) groups is 1. The van der Waals surface area contributed by atoms with Gasteiger partial charge in [-0.05, 0) is 30.7 Å². The van der Waals surface area contributed by atoms with Gasteiger partial charge in [0.25, 0.3) is 0 Å². The molecule has 1 atom stereocenters. The smallest absolute Gasteiger partial charge is 0.242 e. The van der Waals surface area contributed by atoms with Crippen LogP contribution in [-0.4, -0.2) is 11.2 Å². The molecule has 1 aliphatic rings. The number of amides is 1. The number of para-hydroxylation sites is 2. The molecule has 0 aromatic heterocycles. The molecule has 3 rings (SSSR count). The molecule has 2 aromatic carbocycles. The number of anilines is 2. The molecule has 0 fully saturated rings. The fraction of sp³-hybridized carbons (Fsp3) is 0.188. The lowest BCUT2D eigenvalue weighted by Crippen LogP contribution is -2.37. The lowest BCUT2D eigenvalue weighted by Gasteiger charge is -2.22. The van der Waals surface area contributed by atoms with Crippen LogP contribution < -0.4 is 4.90 Å². The van der Waals surface area contributed by atoms with Gasteiger partial charge < -0.3 is 0 Å². The molecular weight excluding hydrogens is 302 g/mol. The van der Waals surface area contributed by atoms with Crippen LogP contribution in [0.4, 0.5) is 11.4 Å². The Hall–Kier alpha value is -1.61. The van der Waals surface area contributed by atoms with Crippen molar-refractivity contribution in [1.82, 2.24) is 0 Å². The summed E-state index contributed by atoms with van der Waals surface area (Å²) >= 11 is 3.50. The van der Waals surface area contributed by atoms with Gasteiger partial charge in [0.1, 0.15) is 0 Å². The molecule has 96 valence electrons. The Bertz CT molecular complexity index is 626. The quantitative estimate of drug-likeness (QED) is 0.767.